The number of morpholine rings is 1. The second-order valence-electron chi connectivity index (χ2n) is 6.28. The maximum Gasteiger partial charge on any atom is 0.222 e. The van der Waals surface area contributed by atoms with Crippen molar-refractivity contribution >= 4 is 5.91 Å². The molecule has 8 nitrogen and oxygen atoms in total. The first kappa shape index (κ1) is 17.5. The first-order valence-corrected chi connectivity index (χ1v) is 8.70. The SMILES string of the molecule is Cc1cc(CC[C@@H]2CN(C(=O)CCCn3cncn3)CCO2)ncn1. The number of rotatable bonds is 7. The van der Waals surface area contributed by atoms with Gasteiger partial charge in [0.2, 0.25) is 5.91 Å². The average Bonchev–Trinajstić information content (AvgIpc) is 3.14. The van der Waals surface area contributed by atoms with E-state index in [0.717, 1.165) is 30.7 Å². The molecule has 1 saturated heterocycles. The van der Waals surface area contributed by atoms with E-state index in [1.165, 1.54) is 6.33 Å². The van der Waals surface area contributed by atoms with Crippen LogP contribution in [0.5, 0.6) is 0 Å². The predicted octanol–water partition coefficient (Wildman–Crippen LogP) is 1.02. The number of aryl methyl sites for hydroxylation is 3. The molecule has 0 aliphatic carbocycles. The Morgan fingerprint density at radius 3 is 3.08 bits per heavy atom. The Bertz CT molecular complexity index is 676. The highest BCUT2D eigenvalue weighted by Gasteiger charge is 2.23. The monoisotopic (exact) mass is 344 g/mol. The summed E-state index contributed by atoms with van der Waals surface area (Å²) in [5, 5.41) is 4.05. The number of carbonyl (C=O) groups excluding carboxylic acids is 1. The fourth-order valence-corrected chi connectivity index (χ4v) is 2.97. The number of nitrogens with zero attached hydrogens (tertiary/aromatic N) is 6. The molecule has 134 valence electrons. The number of ether oxygens (including phenoxy) is 1. The van der Waals surface area contributed by atoms with E-state index in [-0.39, 0.29) is 12.0 Å². The second-order valence-corrected chi connectivity index (χ2v) is 6.28. The minimum Gasteiger partial charge on any atom is -0.375 e. The highest BCUT2D eigenvalue weighted by atomic mass is 16.5. The summed E-state index contributed by atoms with van der Waals surface area (Å²) >= 11 is 0. The zero-order valence-electron chi connectivity index (χ0n) is 14.5. The van der Waals surface area contributed by atoms with Gasteiger partial charge in [-0.05, 0) is 32.3 Å². The smallest absolute Gasteiger partial charge is 0.222 e. The van der Waals surface area contributed by atoms with Crippen LogP contribution in [0.4, 0.5) is 0 Å². The lowest BCUT2D eigenvalue weighted by atomic mass is 10.1. The summed E-state index contributed by atoms with van der Waals surface area (Å²) in [6.07, 6.45) is 7.84. The molecular weight excluding hydrogens is 320 g/mol. The molecule has 3 rings (SSSR count). The summed E-state index contributed by atoms with van der Waals surface area (Å²) in [7, 11) is 0. The van der Waals surface area contributed by atoms with Crippen LogP contribution < -0.4 is 0 Å². The van der Waals surface area contributed by atoms with E-state index < -0.39 is 0 Å². The third-order valence-corrected chi connectivity index (χ3v) is 4.32. The molecule has 1 amide bonds. The summed E-state index contributed by atoms with van der Waals surface area (Å²) in [6, 6.07) is 2.00. The standard InChI is InChI=1S/C17H24N6O2/c1-14-9-15(20-12-19-14)4-5-16-10-22(7-8-25-16)17(24)3-2-6-23-13-18-11-21-23/h9,11-13,16H,2-8,10H2,1H3/t16-/m1/s1. The topological polar surface area (TPSA) is 86.0 Å². The van der Waals surface area contributed by atoms with Gasteiger partial charge in [-0.25, -0.2) is 15.0 Å². The van der Waals surface area contributed by atoms with Crippen molar-refractivity contribution in [3.63, 3.8) is 0 Å². The van der Waals surface area contributed by atoms with E-state index in [0.29, 0.717) is 32.7 Å². The van der Waals surface area contributed by atoms with Gasteiger partial charge in [0.25, 0.3) is 0 Å². The number of hydrogen-bond acceptors (Lipinski definition) is 6. The Morgan fingerprint density at radius 2 is 2.28 bits per heavy atom. The molecular formula is C17H24N6O2. The fourth-order valence-electron chi connectivity index (χ4n) is 2.97. The Labute approximate surface area is 147 Å². The first-order valence-electron chi connectivity index (χ1n) is 8.70. The maximum absolute atomic E-state index is 12.4. The quantitative estimate of drug-likeness (QED) is 0.745. The van der Waals surface area contributed by atoms with Crippen LogP contribution in [0, 0.1) is 6.92 Å². The van der Waals surface area contributed by atoms with E-state index in [9.17, 15) is 4.79 Å². The summed E-state index contributed by atoms with van der Waals surface area (Å²) in [5.41, 5.74) is 1.99. The van der Waals surface area contributed by atoms with Gasteiger partial charge in [0.05, 0.1) is 12.7 Å². The van der Waals surface area contributed by atoms with Crippen LogP contribution in [-0.2, 0) is 22.5 Å². The molecule has 0 unspecified atom stereocenters. The normalized spacial score (nSPS) is 17.6. The van der Waals surface area contributed by atoms with Gasteiger partial charge >= 0.3 is 0 Å². The fraction of sp³-hybridized carbons (Fsp3) is 0.588. The molecule has 25 heavy (non-hydrogen) atoms. The third kappa shape index (κ3) is 5.32. The van der Waals surface area contributed by atoms with Gasteiger partial charge in [-0.3, -0.25) is 9.48 Å². The molecule has 0 spiro atoms. The van der Waals surface area contributed by atoms with Crippen molar-refractivity contribution in [2.24, 2.45) is 0 Å². The van der Waals surface area contributed by atoms with Crippen LogP contribution in [0.25, 0.3) is 0 Å². The Hall–Kier alpha value is -2.35. The molecule has 1 aliphatic rings. The van der Waals surface area contributed by atoms with E-state index in [4.69, 9.17) is 4.74 Å². The molecule has 3 heterocycles. The Morgan fingerprint density at radius 1 is 1.36 bits per heavy atom. The molecule has 1 aliphatic heterocycles. The highest BCUT2D eigenvalue weighted by Crippen LogP contribution is 2.13. The summed E-state index contributed by atoms with van der Waals surface area (Å²) in [6.45, 7) is 4.61. The summed E-state index contributed by atoms with van der Waals surface area (Å²) in [5.74, 6) is 0.186. The van der Waals surface area contributed by atoms with Crippen molar-refractivity contribution in [3.8, 4) is 0 Å². The largest absolute Gasteiger partial charge is 0.375 e. The van der Waals surface area contributed by atoms with Crippen LogP contribution in [-0.4, -0.2) is 61.3 Å². The van der Waals surface area contributed by atoms with Crippen molar-refractivity contribution < 1.29 is 9.53 Å². The lowest BCUT2D eigenvalue weighted by molar-refractivity contribution is -0.139. The van der Waals surface area contributed by atoms with Crippen LogP contribution >= 0.6 is 0 Å². The van der Waals surface area contributed by atoms with Gasteiger partial charge in [0, 0.05) is 37.4 Å². The van der Waals surface area contributed by atoms with Gasteiger partial charge in [-0.15, -0.1) is 0 Å². The maximum atomic E-state index is 12.4. The number of aromatic nitrogens is 5. The zero-order valence-corrected chi connectivity index (χ0v) is 14.5. The molecule has 0 radical (unpaired) electrons. The number of carbonyl (C=O) groups is 1. The van der Waals surface area contributed by atoms with Gasteiger partial charge in [-0.2, -0.15) is 5.10 Å². The third-order valence-electron chi connectivity index (χ3n) is 4.32. The lowest BCUT2D eigenvalue weighted by Crippen LogP contribution is -2.45. The molecule has 0 bridgehead atoms. The van der Waals surface area contributed by atoms with Gasteiger partial charge in [0.1, 0.15) is 19.0 Å². The van der Waals surface area contributed by atoms with Crippen molar-refractivity contribution in [1.82, 2.24) is 29.6 Å². The molecule has 1 fully saturated rings. The van der Waals surface area contributed by atoms with Gasteiger partial charge in [0.15, 0.2) is 0 Å². The van der Waals surface area contributed by atoms with Crippen molar-refractivity contribution in [3.05, 3.63) is 36.4 Å². The minimum atomic E-state index is 0.0725. The van der Waals surface area contributed by atoms with Gasteiger partial charge in [-0.1, -0.05) is 0 Å². The number of hydrogen-bond donors (Lipinski definition) is 0. The van der Waals surface area contributed by atoms with Crippen LogP contribution in [0.1, 0.15) is 30.7 Å². The van der Waals surface area contributed by atoms with E-state index >= 15 is 0 Å². The average molecular weight is 344 g/mol. The first-order chi connectivity index (χ1) is 12.2. The van der Waals surface area contributed by atoms with E-state index in [1.807, 2.05) is 17.9 Å². The Kier molecular flexibility index (Phi) is 6.05. The van der Waals surface area contributed by atoms with Crippen molar-refractivity contribution in [2.75, 3.05) is 19.7 Å². The van der Waals surface area contributed by atoms with Crippen molar-refractivity contribution in [2.45, 2.75) is 45.3 Å². The molecule has 8 heteroatoms. The molecule has 0 N–H and O–H groups in total. The molecule has 0 saturated carbocycles. The van der Waals surface area contributed by atoms with Crippen LogP contribution in [0.15, 0.2) is 25.0 Å². The minimum absolute atomic E-state index is 0.0725. The summed E-state index contributed by atoms with van der Waals surface area (Å²) < 4.78 is 7.56. The zero-order chi connectivity index (χ0) is 17.5. The second kappa shape index (κ2) is 8.66. The van der Waals surface area contributed by atoms with Crippen LogP contribution in [0.3, 0.4) is 0 Å². The van der Waals surface area contributed by atoms with Crippen LogP contribution in [0.2, 0.25) is 0 Å². The lowest BCUT2D eigenvalue weighted by Gasteiger charge is -2.33. The summed E-state index contributed by atoms with van der Waals surface area (Å²) in [4.78, 5) is 26.6. The van der Waals surface area contributed by atoms with Crippen molar-refractivity contribution in [1.29, 1.82) is 0 Å². The highest BCUT2D eigenvalue weighted by molar-refractivity contribution is 5.76. The van der Waals surface area contributed by atoms with E-state index in [1.54, 1.807) is 17.3 Å². The van der Waals surface area contributed by atoms with E-state index in [2.05, 4.69) is 20.1 Å². The molecule has 1 atom stereocenters. The predicted molar refractivity (Wildman–Crippen MR) is 90.7 cm³/mol. The molecule has 0 aromatic carbocycles. The Balaban J connectivity index is 1.41. The molecule has 2 aromatic heterocycles. The molecule has 2 aromatic rings. The number of amides is 1. The van der Waals surface area contributed by atoms with Gasteiger partial charge < -0.3 is 9.64 Å².